The van der Waals surface area contributed by atoms with E-state index in [-0.39, 0.29) is 11.9 Å². The van der Waals surface area contributed by atoms with E-state index in [1.807, 2.05) is 25.1 Å². The van der Waals surface area contributed by atoms with Crippen molar-refractivity contribution in [1.82, 2.24) is 10.2 Å². The lowest BCUT2D eigenvalue weighted by atomic mass is 10.1. The van der Waals surface area contributed by atoms with Crippen LogP contribution < -0.4 is 11.1 Å². The van der Waals surface area contributed by atoms with Crippen molar-refractivity contribution in [1.29, 1.82) is 0 Å². The molecule has 0 radical (unpaired) electrons. The summed E-state index contributed by atoms with van der Waals surface area (Å²) in [6.45, 7) is 1.90. The minimum atomic E-state index is -0.228. The van der Waals surface area contributed by atoms with Crippen LogP contribution in [0.1, 0.15) is 18.5 Å². The summed E-state index contributed by atoms with van der Waals surface area (Å²) in [7, 11) is 0. The van der Waals surface area contributed by atoms with E-state index in [9.17, 15) is 4.39 Å². The molecule has 0 spiro atoms. The van der Waals surface area contributed by atoms with E-state index < -0.39 is 0 Å². The largest absolute Gasteiger partial charge is 0.397 e. The normalized spacial score (nSPS) is 12.5. The number of rotatable bonds is 3. The maximum Gasteiger partial charge on any atom is 0.128 e. The number of benzene rings is 2. The molecule has 2 aromatic carbocycles. The van der Waals surface area contributed by atoms with E-state index in [1.165, 1.54) is 6.07 Å². The maximum absolute atomic E-state index is 13.8. The number of fused-ring (bicyclic) bond motifs is 1. The van der Waals surface area contributed by atoms with Gasteiger partial charge in [0.05, 0.1) is 29.1 Å². The Morgan fingerprint density at radius 3 is 2.90 bits per heavy atom. The van der Waals surface area contributed by atoms with Crippen LogP contribution in [0, 0.1) is 5.82 Å². The fourth-order valence-electron chi connectivity index (χ4n) is 2.27. The van der Waals surface area contributed by atoms with Gasteiger partial charge in [-0.1, -0.05) is 18.2 Å². The van der Waals surface area contributed by atoms with Crippen LogP contribution in [0.2, 0.25) is 0 Å². The summed E-state index contributed by atoms with van der Waals surface area (Å²) in [5.41, 5.74) is 8.89. The molecule has 4 N–H and O–H groups in total. The van der Waals surface area contributed by atoms with Crippen LogP contribution in [0.4, 0.5) is 15.8 Å². The number of hydrogen-bond acceptors (Lipinski definition) is 3. The van der Waals surface area contributed by atoms with Crippen LogP contribution in [0.5, 0.6) is 0 Å². The van der Waals surface area contributed by atoms with Crippen LogP contribution >= 0.6 is 0 Å². The lowest BCUT2D eigenvalue weighted by Gasteiger charge is -2.17. The highest BCUT2D eigenvalue weighted by Crippen LogP contribution is 2.28. The minimum Gasteiger partial charge on any atom is -0.397 e. The number of aromatic nitrogens is 2. The maximum atomic E-state index is 13.8. The summed E-state index contributed by atoms with van der Waals surface area (Å²) in [5, 5.41) is 11.0. The van der Waals surface area contributed by atoms with E-state index in [2.05, 4.69) is 15.5 Å². The minimum absolute atomic E-state index is 0.182. The molecule has 0 aliphatic heterocycles. The topological polar surface area (TPSA) is 66.7 Å². The summed E-state index contributed by atoms with van der Waals surface area (Å²) in [4.78, 5) is 0. The van der Waals surface area contributed by atoms with Gasteiger partial charge in [-0.2, -0.15) is 5.10 Å². The third kappa shape index (κ3) is 2.18. The second kappa shape index (κ2) is 4.85. The number of halogens is 1. The number of nitrogens with zero attached hydrogens (tertiary/aromatic N) is 1. The average molecular weight is 270 g/mol. The number of hydrogen-bond donors (Lipinski definition) is 3. The van der Waals surface area contributed by atoms with Crippen LogP contribution in [0.25, 0.3) is 10.9 Å². The molecule has 1 unspecified atom stereocenters. The van der Waals surface area contributed by atoms with Gasteiger partial charge in [0, 0.05) is 10.9 Å². The second-order valence-corrected chi connectivity index (χ2v) is 4.78. The van der Waals surface area contributed by atoms with Crippen molar-refractivity contribution in [2.75, 3.05) is 11.1 Å². The molecule has 0 bridgehead atoms. The van der Waals surface area contributed by atoms with Crippen molar-refractivity contribution in [2.45, 2.75) is 13.0 Å². The number of nitrogens with one attached hydrogen (secondary N) is 2. The molecule has 0 fully saturated rings. The molecule has 1 heterocycles. The highest BCUT2D eigenvalue weighted by atomic mass is 19.1. The zero-order valence-electron chi connectivity index (χ0n) is 11.0. The molecule has 0 aliphatic rings. The Morgan fingerprint density at radius 1 is 1.30 bits per heavy atom. The van der Waals surface area contributed by atoms with Crippen LogP contribution in [-0.2, 0) is 0 Å². The summed E-state index contributed by atoms with van der Waals surface area (Å²) >= 11 is 0. The van der Waals surface area contributed by atoms with Crippen LogP contribution in [-0.4, -0.2) is 10.2 Å². The summed E-state index contributed by atoms with van der Waals surface area (Å²) in [6.07, 6.45) is 1.72. The Morgan fingerprint density at radius 2 is 2.10 bits per heavy atom. The quantitative estimate of drug-likeness (QED) is 0.638. The van der Waals surface area contributed by atoms with Crippen molar-refractivity contribution < 1.29 is 4.39 Å². The molecule has 4 nitrogen and oxygen atoms in total. The standard InChI is InChI=1S/C15H15FN4/c1-9(11-4-2-3-5-12(11)16)19-15-7-14-10(6-13(15)17)8-18-20-14/h2-9,19H,17H2,1H3,(H,18,20). The van der Waals surface area contributed by atoms with Crippen molar-refractivity contribution in [3.8, 4) is 0 Å². The molecule has 0 saturated heterocycles. The van der Waals surface area contributed by atoms with Gasteiger partial charge in [-0.25, -0.2) is 4.39 Å². The van der Waals surface area contributed by atoms with Crippen molar-refractivity contribution in [3.05, 3.63) is 54.0 Å². The molecule has 0 amide bonds. The number of nitrogen functional groups attached to an aromatic ring is 1. The van der Waals surface area contributed by atoms with Gasteiger partial charge in [-0.15, -0.1) is 0 Å². The fourth-order valence-corrected chi connectivity index (χ4v) is 2.27. The zero-order valence-corrected chi connectivity index (χ0v) is 11.0. The fraction of sp³-hybridized carbons (Fsp3) is 0.133. The first-order valence-electron chi connectivity index (χ1n) is 6.38. The molecule has 102 valence electrons. The first-order valence-corrected chi connectivity index (χ1v) is 6.38. The molecule has 3 rings (SSSR count). The van der Waals surface area contributed by atoms with Gasteiger partial charge >= 0.3 is 0 Å². The molecule has 1 atom stereocenters. The van der Waals surface area contributed by atoms with Gasteiger partial charge < -0.3 is 11.1 Å². The third-order valence-electron chi connectivity index (χ3n) is 3.35. The second-order valence-electron chi connectivity index (χ2n) is 4.78. The molecule has 20 heavy (non-hydrogen) atoms. The first-order chi connectivity index (χ1) is 9.65. The molecular weight excluding hydrogens is 255 g/mol. The Labute approximate surface area is 115 Å². The summed E-state index contributed by atoms with van der Waals surface area (Å²) in [5.74, 6) is -0.228. The van der Waals surface area contributed by atoms with Crippen LogP contribution in [0.15, 0.2) is 42.6 Å². The lowest BCUT2D eigenvalue weighted by Crippen LogP contribution is -2.10. The van der Waals surface area contributed by atoms with Gasteiger partial charge in [-0.05, 0) is 25.1 Å². The number of anilines is 2. The third-order valence-corrected chi connectivity index (χ3v) is 3.35. The predicted octanol–water partition coefficient (Wildman–Crippen LogP) is 3.46. The molecule has 5 heteroatoms. The highest BCUT2D eigenvalue weighted by Gasteiger charge is 2.12. The predicted molar refractivity (Wildman–Crippen MR) is 78.9 cm³/mol. The van der Waals surface area contributed by atoms with Gasteiger partial charge in [0.25, 0.3) is 0 Å². The molecule has 3 aromatic rings. The summed E-state index contributed by atoms with van der Waals surface area (Å²) < 4.78 is 13.8. The van der Waals surface area contributed by atoms with Gasteiger partial charge in [0.15, 0.2) is 0 Å². The SMILES string of the molecule is CC(Nc1cc2[nH]ncc2cc1N)c1ccccc1F. The van der Waals surface area contributed by atoms with Crippen LogP contribution in [0.3, 0.4) is 0 Å². The Bertz CT molecular complexity index is 750. The Hall–Kier alpha value is -2.56. The van der Waals surface area contributed by atoms with Crippen molar-refractivity contribution in [3.63, 3.8) is 0 Å². The molecule has 0 aliphatic carbocycles. The van der Waals surface area contributed by atoms with Crippen molar-refractivity contribution in [2.24, 2.45) is 0 Å². The average Bonchev–Trinajstić information content (AvgIpc) is 2.86. The monoisotopic (exact) mass is 270 g/mol. The lowest BCUT2D eigenvalue weighted by molar-refractivity contribution is 0.600. The Kier molecular flexibility index (Phi) is 3.02. The van der Waals surface area contributed by atoms with Gasteiger partial charge in [-0.3, -0.25) is 5.10 Å². The van der Waals surface area contributed by atoms with E-state index in [0.717, 1.165) is 16.6 Å². The number of nitrogens with two attached hydrogens (primary N) is 1. The zero-order chi connectivity index (χ0) is 14.1. The van der Waals surface area contributed by atoms with Crippen molar-refractivity contribution >= 4 is 22.3 Å². The van der Waals surface area contributed by atoms with Gasteiger partial charge in [0.1, 0.15) is 5.82 Å². The van der Waals surface area contributed by atoms with E-state index in [0.29, 0.717) is 11.3 Å². The highest BCUT2D eigenvalue weighted by molar-refractivity contribution is 5.88. The number of aromatic amines is 1. The van der Waals surface area contributed by atoms with E-state index in [1.54, 1.807) is 18.3 Å². The van der Waals surface area contributed by atoms with Gasteiger partial charge in [0.2, 0.25) is 0 Å². The smallest absolute Gasteiger partial charge is 0.128 e. The number of H-pyrrole nitrogens is 1. The molecular formula is C15H15FN4. The van der Waals surface area contributed by atoms with E-state index >= 15 is 0 Å². The van der Waals surface area contributed by atoms with E-state index in [4.69, 9.17) is 5.73 Å². The summed E-state index contributed by atoms with van der Waals surface area (Å²) in [6, 6.07) is 10.3. The molecule has 1 aromatic heterocycles. The molecule has 0 saturated carbocycles. The first kappa shape index (κ1) is 12.5. The Balaban J connectivity index is 1.92.